The lowest BCUT2D eigenvalue weighted by Crippen LogP contribution is -2.36. The second-order valence-corrected chi connectivity index (χ2v) is 11.2. The summed E-state index contributed by atoms with van der Waals surface area (Å²) in [7, 11) is 0. The average Bonchev–Trinajstić information content (AvgIpc) is 3.15. The second-order valence-electron chi connectivity index (χ2n) is 11.2. The molecule has 0 aliphatic carbocycles. The molecule has 0 aliphatic heterocycles. The zero-order chi connectivity index (χ0) is 27.0. The molecule has 0 saturated heterocycles. The first-order valence-electron chi connectivity index (χ1n) is 12.2. The van der Waals surface area contributed by atoms with Gasteiger partial charge in [-0.2, -0.15) is 0 Å². The van der Waals surface area contributed by atoms with E-state index in [1.807, 2.05) is 40.9 Å². The van der Waals surface area contributed by atoms with Gasteiger partial charge >= 0.3 is 5.97 Å². The predicted octanol–water partition coefficient (Wildman–Crippen LogP) is 7.06. The van der Waals surface area contributed by atoms with Crippen molar-refractivity contribution in [1.82, 2.24) is 9.38 Å². The number of aryl methyl sites for hydroxylation is 1. The van der Waals surface area contributed by atoms with Gasteiger partial charge in [0.1, 0.15) is 22.9 Å². The van der Waals surface area contributed by atoms with Crippen LogP contribution in [0.5, 0.6) is 5.75 Å². The fourth-order valence-corrected chi connectivity index (χ4v) is 4.79. The van der Waals surface area contributed by atoms with E-state index in [4.69, 9.17) is 9.72 Å². The number of ether oxygens (including phenoxy) is 1. The third kappa shape index (κ3) is 5.97. The molecule has 8 heteroatoms. The lowest BCUT2D eigenvalue weighted by molar-refractivity contribution is -0.385. The Labute approximate surface area is 216 Å². The van der Waals surface area contributed by atoms with Crippen LogP contribution in [0.15, 0.2) is 66.9 Å². The number of nitrogens with zero attached hydrogens (tertiary/aromatic N) is 3. The van der Waals surface area contributed by atoms with E-state index in [9.17, 15) is 14.9 Å². The maximum atomic E-state index is 12.6. The van der Waals surface area contributed by atoms with Crippen LogP contribution in [0.3, 0.4) is 0 Å². The molecule has 2 aromatic carbocycles. The molecular weight excluding hydrogens is 468 g/mol. The summed E-state index contributed by atoms with van der Waals surface area (Å²) >= 11 is 0. The van der Waals surface area contributed by atoms with Gasteiger partial charge in [-0.25, -0.2) is 9.78 Å². The lowest BCUT2D eigenvalue weighted by Gasteiger charge is -2.34. The number of hydrogen-bond donors (Lipinski definition) is 1. The van der Waals surface area contributed by atoms with Crippen LogP contribution < -0.4 is 10.1 Å². The number of hydrogen-bond acceptors (Lipinski definition) is 6. The maximum Gasteiger partial charge on any atom is 0.343 e. The first-order chi connectivity index (χ1) is 17.3. The Balaban J connectivity index is 1.62. The van der Waals surface area contributed by atoms with E-state index in [0.29, 0.717) is 11.3 Å². The van der Waals surface area contributed by atoms with Gasteiger partial charge in [-0.3, -0.25) is 14.5 Å². The average molecular weight is 501 g/mol. The Hall–Kier alpha value is -4.20. The first-order valence-corrected chi connectivity index (χ1v) is 12.2. The smallest absolute Gasteiger partial charge is 0.343 e. The highest BCUT2D eigenvalue weighted by Gasteiger charge is 2.28. The molecule has 0 amide bonds. The normalized spacial score (nSPS) is 11.9. The molecule has 0 fully saturated rings. The standard InChI is InChI=1S/C29H32N4O4/c1-19-10-11-21(17-23(19)33(35)36)27(34)37-22-14-12-20(13-15-22)25-26(31-29(5,6)18-28(2,3)4)32-16-8-7-9-24(32)30-25/h7-17,31H,18H2,1-6H3. The van der Waals surface area contributed by atoms with E-state index in [1.165, 1.54) is 18.2 Å². The number of nitro benzene ring substituents is 1. The summed E-state index contributed by atoms with van der Waals surface area (Å²) in [6.45, 7) is 12.7. The molecular formula is C29H32N4O4. The number of pyridine rings is 1. The maximum absolute atomic E-state index is 12.6. The van der Waals surface area contributed by atoms with E-state index in [0.717, 1.165) is 29.1 Å². The van der Waals surface area contributed by atoms with Crippen molar-refractivity contribution in [2.45, 2.75) is 53.5 Å². The van der Waals surface area contributed by atoms with Crippen molar-refractivity contribution in [3.63, 3.8) is 0 Å². The van der Waals surface area contributed by atoms with Crippen molar-refractivity contribution in [2.24, 2.45) is 5.41 Å². The molecule has 0 bridgehead atoms. The second kappa shape index (κ2) is 9.69. The number of aromatic nitrogens is 2. The molecule has 0 atom stereocenters. The Morgan fingerprint density at radius 3 is 2.41 bits per heavy atom. The van der Waals surface area contributed by atoms with Crippen LogP contribution in [0.1, 0.15) is 57.0 Å². The number of carbonyl (C=O) groups is 1. The van der Waals surface area contributed by atoms with E-state index < -0.39 is 10.9 Å². The molecule has 4 rings (SSSR count). The Morgan fingerprint density at radius 2 is 1.76 bits per heavy atom. The molecule has 0 aliphatic rings. The predicted molar refractivity (Wildman–Crippen MR) is 145 cm³/mol. The summed E-state index contributed by atoms with van der Waals surface area (Å²) in [4.78, 5) is 28.2. The third-order valence-electron chi connectivity index (χ3n) is 5.94. The Kier molecular flexibility index (Phi) is 6.78. The van der Waals surface area contributed by atoms with E-state index >= 15 is 0 Å². The van der Waals surface area contributed by atoms with E-state index in [2.05, 4.69) is 39.9 Å². The molecule has 192 valence electrons. The van der Waals surface area contributed by atoms with Gasteiger partial charge < -0.3 is 10.1 Å². The van der Waals surface area contributed by atoms with Crippen LogP contribution in [-0.2, 0) is 0 Å². The Bertz CT molecular complexity index is 1460. The monoisotopic (exact) mass is 500 g/mol. The van der Waals surface area contributed by atoms with Gasteiger partial charge in [0.2, 0.25) is 0 Å². The van der Waals surface area contributed by atoms with Gasteiger partial charge in [0.25, 0.3) is 5.69 Å². The van der Waals surface area contributed by atoms with Crippen LogP contribution >= 0.6 is 0 Å². The molecule has 2 aromatic heterocycles. The van der Waals surface area contributed by atoms with Crippen LogP contribution in [0, 0.1) is 22.5 Å². The summed E-state index contributed by atoms with van der Waals surface area (Å²) in [5.74, 6) is 0.569. The Morgan fingerprint density at radius 1 is 1.05 bits per heavy atom. The molecule has 37 heavy (non-hydrogen) atoms. The van der Waals surface area contributed by atoms with Crippen molar-refractivity contribution in [3.05, 3.63) is 88.1 Å². The van der Waals surface area contributed by atoms with Gasteiger partial charge in [0, 0.05) is 28.9 Å². The number of imidazole rings is 1. The van der Waals surface area contributed by atoms with Gasteiger partial charge in [0.05, 0.1) is 10.5 Å². The molecule has 2 heterocycles. The van der Waals surface area contributed by atoms with Crippen molar-refractivity contribution in [3.8, 4) is 17.0 Å². The summed E-state index contributed by atoms with van der Waals surface area (Å²) in [6.07, 6.45) is 2.93. The minimum atomic E-state index is -0.658. The quantitative estimate of drug-likeness (QED) is 0.126. The molecule has 0 spiro atoms. The molecule has 0 unspecified atom stereocenters. The van der Waals surface area contributed by atoms with Crippen LogP contribution in [0.2, 0.25) is 0 Å². The summed E-state index contributed by atoms with van der Waals surface area (Å²) < 4.78 is 7.53. The largest absolute Gasteiger partial charge is 0.423 e. The molecule has 8 nitrogen and oxygen atoms in total. The van der Waals surface area contributed by atoms with Crippen molar-refractivity contribution in [1.29, 1.82) is 0 Å². The van der Waals surface area contributed by atoms with Crippen molar-refractivity contribution < 1.29 is 14.5 Å². The molecule has 1 N–H and O–H groups in total. The number of rotatable bonds is 7. The van der Waals surface area contributed by atoms with Gasteiger partial charge in [-0.15, -0.1) is 0 Å². The molecule has 0 radical (unpaired) electrons. The highest BCUT2D eigenvalue weighted by molar-refractivity contribution is 5.92. The topological polar surface area (TPSA) is 98.8 Å². The zero-order valence-corrected chi connectivity index (χ0v) is 22.0. The van der Waals surface area contributed by atoms with Crippen molar-refractivity contribution in [2.75, 3.05) is 5.32 Å². The van der Waals surface area contributed by atoms with Gasteiger partial charge in [-0.05, 0) is 75.1 Å². The van der Waals surface area contributed by atoms with Crippen LogP contribution in [-0.4, -0.2) is 25.8 Å². The highest BCUT2D eigenvalue weighted by atomic mass is 16.6. The number of fused-ring (bicyclic) bond motifs is 1. The summed E-state index contributed by atoms with van der Waals surface area (Å²) in [5, 5.41) is 14.9. The van der Waals surface area contributed by atoms with E-state index in [-0.39, 0.29) is 22.2 Å². The number of benzene rings is 2. The fourth-order valence-electron chi connectivity index (χ4n) is 4.79. The number of esters is 1. The minimum Gasteiger partial charge on any atom is -0.423 e. The summed E-state index contributed by atoms with van der Waals surface area (Å²) in [6, 6.07) is 17.3. The minimum absolute atomic E-state index is 0.119. The zero-order valence-electron chi connectivity index (χ0n) is 22.0. The van der Waals surface area contributed by atoms with Crippen molar-refractivity contribution >= 4 is 23.1 Å². The number of nitrogens with one attached hydrogen (secondary N) is 1. The SMILES string of the molecule is Cc1ccc(C(=O)Oc2ccc(-c3nc4ccccn4c3NC(C)(C)CC(C)(C)C)cc2)cc1[N+](=O)[O-]. The highest BCUT2D eigenvalue weighted by Crippen LogP contribution is 2.35. The molecule has 0 saturated carbocycles. The number of carbonyl (C=O) groups excluding carboxylic acids is 1. The number of anilines is 1. The fraction of sp³-hybridized carbons (Fsp3) is 0.310. The lowest BCUT2D eigenvalue weighted by atomic mass is 9.82. The van der Waals surface area contributed by atoms with Crippen LogP contribution in [0.4, 0.5) is 11.5 Å². The first kappa shape index (κ1) is 25.9. The van der Waals surface area contributed by atoms with Crippen LogP contribution in [0.25, 0.3) is 16.9 Å². The van der Waals surface area contributed by atoms with E-state index in [1.54, 1.807) is 19.1 Å². The van der Waals surface area contributed by atoms with Gasteiger partial charge in [0.15, 0.2) is 0 Å². The third-order valence-corrected chi connectivity index (χ3v) is 5.94. The summed E-state index contributed by atoms with van der Waals surface area (Å²) in [5.41, 5.74) is 2.91. The van der Waals surface area contributed by atoms with Gasteiger partial charge in [-0.1, -0.05) is 32.9 Å². The molecule has 4 aromatic rings. The number of nitro groups is 1.